The first-order valence-corrected chi connectivity index (χ1v) is 7.21. The number of hydrogen-bond donors (Lipinski definition) is 1. The topological polar surface area (TPSA) is 54.9 Å². The molecule has 4 nitrogen and oxygen atoms in total. The van der Waals surface area contributed by atoms with E-state index in [0.717, 1.165) is 21.1 Å². The van der Waals surface area contributed by atoms with Gasteiger partial charge in [0.05, 0.1) is 11.0 Å². The average Bonchev–Trinajstić information content (AvgIpc) is 2.49. The van der Waals surface area contributed by atoms with Crippen molar-refractivity contribution in [2.45, 2.75) is 6.92 Å². The third-order valence-electron chi connectivity index (χ3n) is 3.17. The number of fused-ring (bicyclic) bond motifs is 1. The Bertz CT molecular complexity index is 833. The van der Waals surface area contributed by atoms with E-state index in [1.165, 1.54) is 0 Å². The number of aromatic nitrogens is 2. The molecule has 0 radical (unpaired) electrons. The number of carbonyl (C=O) groups is 1. The highest BCUT2D eigenvalue weighted by Crippen LogP contribution is 2.19. The number of hydrogen-bond acceptors (Lipinski definition) is 3. The smallest absolute Gasteiger partial charge is 0.255 e. The molecule has 0 saturated heterocycles. The predicted octanol–water partition coefficient (Wildman–Crippen LogP) is 3.95. The SMILES string of the molecule is Cc1ccc(Br)cc1C(=O)Nc1ccc2nccnc2c1. The van der Waals surface area contributed by atoms with E-state index in [-0.39, 0.29) is 5.91 Å². The summed E-state index contributed by atoms with van der Waals surface area (Å²) >= 11 is 3.38. The summed E-state index contributed by atoms with van der Waals surface area (Å²) in [6, 6.07) is 11.1. The van der Waals surface area contributed by atoms with Gasteiger partial charge >= 0.3 is 0 Å². The average molecular weight is 342 g/mol. The summed E-state index contributed by atoms with van der Waals surface area (Å²) in [5, 5.41) is 2.89. The van der Waals surface area contributed by atoms with Crippen LogP contribution in [0.4, 0.5) is 5.69 Å². The highest BCUT2D eigenvalue weighted by atomic mass is 79.9. The Kier molecular flexibility index (Phi) is 3.66. The van der Waals surface area contributed by atoms with Crippen molar-refractivity contribution in [3.05, 3.63) is 64.4 Å². The second-order valence-electron chi connectivity index (χ2n) is 4.67. The van der Waals surface area contributed by atoms with Crippen molar-refractivity contribution in [2.75, 3.05) is 5.32 Å². The molecule has 3 rings (SSSR count). The first kappa shape index (κ1) is 13.7. The number of carbonyl (C=O) groups excluding carboxylic acids is 1. The Balaban J connectivity index is 1.90. The molecule has 0 unspecified atom stereocenters. The van der Waals surface area contributed by atoms with Crippen LogP contribution in [0.15, 0.2) is 53.3 Å². The van der Waals surface area contributed by atoms with Crippen molar-refractivity contribution in [3.8, 4) is 0 Å². The summed E-state index contributed by atoms with van der Waals surface area (Å²) in [4.78, 5) is 20.8. The van der Waals surface area contributed by atoms with Gasteiger partial charge in [-0.05, 0) is 42.8 Å². The molecule has 1 amide bonds. The molecular weight excluding hydrogens is 330 g/mol. The Morgan fingerprint density at radius 2 is 1.81 bits per heavy atom. The fourth-order valence-corrected chi connectivity index (χ4v) is 2.44. The molecule has 0 aliphatic rings. The highest BCUT2D eigenvalue weighted by molar-refractivity contribution is 9.10. The van der Waals surface area contributed by atoms with Crippen molar-refractivity contribution in [1.29, 1.82) is 0 Å². The van der Waals surface area contributed by atoms with Gasteiger partial charge in [0.25, 0.3) is 5.91 Å². The van der Waals surface area contributed by atoms with Crippen LogP contribution in [0.2, 0.25) is 0 Å². The normalized spacial score (nSPS) is 10.6. The van der Waals surface area contributed by atoms with E-state index in [0.29, 0.717) is 11.3 Å². The Morgan fingerprint density at radius 3 is 2.62 bits per heavy atom. The van der Waals surface area contributed by atoms with E-state index in [2.05, 4.69) is 31.2 Å². The molecule has 2 aromatic carbocycles. The second-order valence-corrected chi connectivity index (χ2v) is 5.59. The van der Waals surface area contributed by atoms with E-state index < -0.39 is 0 Å². The number of benzene rings is 2. The zero-order valence-corrected chi connectivity index (χ0v) is 12.9. The van der Waals surface area contributed by atoms with Gasteiger partial charge in [-0.2, -0.15) is 0 Å². The van der Waals surface area contributed by atoms with Crippen molar-refractivity contribution in [3.63, 3.8) is 0 Å². The first-order chi connectivity index (χ1) is 10.1. The standard InChI is InChI=1S/C16H12BrN3O/c1-10-2-3-11(17)8-13(10)16(21)20-12-4-5-14-15(9-12)19-7-6-18-14/h2-9H,1H3,(H,20,21). The quantitative estimate of drug-likeness (QED) is 0.767. The van der Waals surface area contributed by atoms with Crippen LogP contribution in [0.5, 0.6) is 0 Å². The van der Waals surface area contributed by atoms with Gasteiger partial charge in [-0.25, -0.2) is 0 Å². The van der Waals surface area contributed by atoms with Crippen LogP contribution in [0, 0.1) is 6.92 Å². The minimum Gasteiger partial charge on any atom is -0.322 e. The molecule has 0 fully saturated rings. The fourth-order valence-electron chi connectivity index (χ4n) is 2.08. The summed E-state index contributed by atoms with van der Waals surface area (Å²) in [7, 11) is 0. The zero-order chi connectivity index (χ0) is 14.8. The monoisotopic (exact) mass is 341 g/mol. The summed E-state index contributed by atoms with van der Waals surface area (Å²) in [5.74, 6) is -0.142. The van der Waals surface area contributed by atoms with Crippen LogP contribution < -0.4 is 5.32 Å². The lowest BCUT2D eigenvalue weighted by Gasteiger charge is -2.08. The number of halogens is 1. The summed E-state index contributed by atoms with van der Waals surface area (Å²) < 4.78 is 0.877. The molecule has 1 aromatic heterocycles. The molecule has 5 heteroatoms. The molecular formula is C16H12BrN3O. The van der Waals surface area contributed by atoms with Gasteiger partial charge in [0.15, 0.2) is 0 Å². The third kappa shape index (κ3) is 2.92. The summed E-state index contributed by atoms with van der Waals surface area (Å²) in [5.41, 5.74) is 3.82. The maximum Gasteiger partial charge on any atom is 0.255 e. The van der Waals surface area contributed by atoms with Gasteiger partial charge in [-0.15, -0.1) is 0 Å². The lowest BCUT2D eigenvalue weighted by molar-refractivity contribution is 0.102. The lowest BCUT2D eigenvalue weighted by atomic mass is 10.1. The Labute approximate surface area is 130 Å². The third-order valence-corrected chi connectivity index (χ3v) is 3.66. The van der Waals surface area contributed by atoms with Crippen LogP contribution in [0.25, 0.3) is 11.0 Å². The number of anilines is 1. The van der Waals surface area contributed by atoms with Crippen molar-refractivity contribution in [2.24, 2.45) is 0 Å². The van der Waals surface area contributed by atoms with Gasteiger partial charge in [-0.1, -0.05) is 22.0 Å². The Morgan fingerprint density at radius 1 is 1.05 bits per heavy atom. The number of nitrogens with zero attached hydrogens (tertiary/aromatic N) is 2. The van der Waals surface area contributed by atoms with Gasteiger partial charge in [-0.3, -0.25) is 14.8 Å². The molecule has 0 aliphatic carbocycles. The van der Waals surface area contributed by atoms with E-state index in [1.54, 1.807) is 12.4 Å². The van der Waals surface area contributed by atoms with Gasteiger partial charge in [0, 0.05) is 28.1 Å². The second kappa shape index (κ2) is 5.61. The van der Waals surface area contributed by atoms with Crippen molar-refractivity contribution >= 4 is 38.6 Å². The molecule has 3 aromatic rings. The fraction of sp³-hybridized carbons (Fsp3) is 0.0625. The Hall–Kier alpha value is -2.27. The van der Waals surface area contributed by atoms with Crippen LogP contribution in [0.3, 0.4) is 0 Å². The highest BCUT2D eigenvalue weighted by Gasteiger charge is 2.10. The molecule has 104 valence electrons. The van der Waals surface area contributed by atoms with E-state index >= 15 is 0 Å². The molecule has 1 heterocycles. The largest absolute Gasteiger partial charge is 0.322 e. The van der Waals surface area contributed by atoms with Crippen LogP contribution in [-0.4, -0.2) is 15.9 Å². The lowest BCUT2D eigenvalue weighted by Crippen LogP contribution is -2.13. The van der Waals surface area contributed by atoms with Gasteiger partial charge in [0.2, 0.25) is 0 Å². The molecule has 0 saturated carbocycles. The number of nitrogens with one attached hydrogen (secondary N) is 1. The molecule has 0 aliphatic heterocycles. The van der Waals surface area contributed by atoms with Gasteiger partial charge < -0.3 is 5.32 Å². The molecule has 21 heavy (non-hydrogen) atoms. The van der Waals surface area contributed by atoms with Crippen LogP contribution >= 0.6 is 15.9 Å². The molecule has 0 atom stereocenters. The van der Waals surface area contributed by atoms with Gasteiger partial charge in [0.1, 0.15) is 0 Å². The van der Waals surface area contributed by atoms with E-state index in [9.17, 15) is 4.79 Å². The maximum absolute atomic E-state index is 12.4. The summed E-state index contributed by atoms with van der Waals surface area (Å²) in [6.07, 6.45) is 3.28. The number of amides is 1. The number of rotatable bonds is 2. The maximum atomic E-state index is 12.4. The van der Waals surface area contributed by atoms with E-state index in [1.807, 2.05) is 43.3 Å². The predicted molar refractivity (Wildman–Crippen MR) is 86.4 cm³/mol. The molecule has 0 spiro atoms. The molecule has 0 bridgehead atoms. The van der Waals surface area contributed by atoms with Crippen molar-refractivity contribution in [1.82, 2.24) is 9.97 Å². The first-order valence-electron chi connectivity index (χ1n) is 6.42. The minimum absolute atomic E-state index is 0.142. The van der Waals surface area contributed by atoms with E-state index in [4.69, 9.17) is 0 Å². The minimum atomic E-state index is -0.142. The summed E-state index contributed by atoms with van der Waals surface area (Å²) in [6.45, 7) is 1.91. The van der Waals surface area contributed by atoms with Crippen LogP contribution in [-0.2, 0) is 0 Å². The zero-order valence-electron chi connectivity index (χ0n) is 11.3. The molecule has 1 N–H and O–H groups in total. The van der Waals surface area contributed by atoms with Crippen LogP contribution in [0.1, 0.15) is 15.9 Å². The van der Waals surface area contributed by atoms with Crippen molar-refractivity contribution < 1.29 is 4.79 Å². The number of aryl methyl sites for hydroxylation is 1.